The lowest BCUT2D eigenvalue weighted by Gasteiger charge is -2.11. The number of ether oxygens (including phenoxy) is 1. The molecule has 1 aromatic heterocycles. The Balaban J connectivity index is 2.64. The highest BCUT2D eigenvalue weighted by Crippen LogP contribution is 2.09. The molecule has 0 bridgehead atoms. The van der Waals surface area contributed by atoms with Gasteiger partial charge in [0.1, 0.15) is 18.2 Å². The first-order valence-corrected chi connectivity index (χ1v) is 7.42. The number of nitrogens with one attached hydrogen (secondary N) is 1. The predicted molar refractivity (Wildman–Crippen MR) is 73.8 cm³/mol. The summed E-state index contributed by atoms with van der Waals surface area (Å²) in [5.74, 6) is 1.58. The normalized spacial score (nSPS) is 14.2. The van der Waals surface area contributed by atoms with Crippen molar-refractivity contribution in [3.8, 4) is 0 Å². The summed E-state index contributed by atoms with van der Waals surface area (Å²) in [6, 6.07) is 1.65. The fourth-order valence-corrected chi connectivity index (χ4v) is 1.55. The third-order valence-corrected chi connectivity index (χ3v) is 3.66. The van der Waals surface area contributed by atoms with Gasteiger partial charge in [-0.15, -0.1) is 0 Å². The fraction of sp³-hybridized carbons (Fsp3) is 0.636. The molecule has 0 radical (unpaired) electrons. The van der Waals surface area contributed by atoms with E-state index >= 15 is 0 Å². The molecule has 2 atom stereocenters. The number of nitrogens with zero attached hydrogens (tertiary/aromatic N) is 2. The Hall–Kier alpha value is -1.21. The number of aromatic nitrogens is 2. The van der Waals surface area contributed by atoms with Crippen molar-refractivity contribution in [2.24, 2.45) is 0 Å². The Labute approximate surface area is 110 Å². The summed E-state index contributed by atoms with van der Waals surface area (Å²) in [6.07, 6.45) is 1.68. The second kappa shape index (κ2) is 7.27. The maximum Gasteiger partial charge on any atom is 0.158 e. The van der Waals surface area contributed by atoms with E-state index in [-0.39, 0.29) is 5.25 Å². The molecule has 0 aliphatic carbocycles. The van der Waals surface area contributed by atoms with Crippen molar-refractivity contribution in [3.05, 3.63) is 11.9 Å². The molecule has 1 rings (SSSR count). The molecule has 1 aromatic rings. The molecule has 102 valence electrons. The van der Waals surface area contributed by atoms with Crippen LogP contribution in [0.1, 0.15) is 19.7 Å². The molecule has 0 saturated heterocycles. The van der Waals surface area contributed by atoms with E-state index in [0.717, 1.165) is 0 Å². The third kappa shape index (κ3) is 4.97. The standard InChI is InChI=1S/C11H20N4O2S/c1-4-17-7-11-14-9(12)5-10(15-11)13-6-8(2)18(3)16/h5,8H,4,6-7H2,1-3H3,(H3,12,13,14,15). The first kappa shape index (κ1) is 14.8. The van der Waals surface area contributed by atoms with E-state index in [2.05, 4.69) is 15.3 Å². The van der Waals surface area contributed by atoms with Crippen LogP contribution in [0.15, 0.2) is 6.07 Å². The summed E-state index contributed by atoms with van der Waals surface area (Å²) < 4.78 is 16.5. The maximum atomic E-state index is 11.2. The quantitative estimate of drug-likeness (QED) is 0.762. The second-order valence-corrected chi connectivity index (χ2v) is 5.72. The van der Waals surface area contributed by atoms with Crippen molar-refractivity contribution in [1.29, 1.82) is 0 Å². The molecule has 0 fully saturated rings. The minimum atomic E-state index is -0.861. The Kier molecular flexibility index (Phi) is 6.00. The molecule has 18 heavy (non-hydrogen) atoms. The van der Waals surface area contributed by atoms with Crippen molar-refractivity contribution >= 4 is 22.4 Å². The van der Waals surface area contributed by atoms with Crippen LogP contribution in [-0.4, -0.2) is 38.8 Å². The molecule has 7 heteroatoms. The molecular weight excluding hydrogens is 252 g/mol. The zero-order valence-electron chi connectivity index (χ0n) is 11.0. The SMILES string of the molecule is CCOCc1nc(N)cc(NCC(C)S(C)=O)n1. The van der Waals surface area contributed by atoms with Crippen LogP contribution in [-0.2, 0) is 22.1 Å². The molecule has 0 spiro atoms. The molecule has 0 saturated carbocycles. The number of nitrogen functional groups attached to an aromatic ring is 1. The highest BCUT2D eigenvalue weighted by atomic mass is 32.2. The number of nitrogens with two attached hydrogens (primary N) is 1. The van der Waals surface area contributed by atoms with Crippen molar-refractivity contribution in [1.82, 2.24) is 9.97 Å². The Morgan fingerprint density at radius 1 is 1.56 bits per heavy atom. The van der Waals surface area contributed by atoms with Gasteiger partial charge < -0.3 is 15.8 Å². The molecule has 6 nitrogen and oxygen atoms in total. The molecule has 1 heterocycles. The van der Waals surface area contributed by atoms with Gasteiger partial charge in [-0.1, -0.05) is 0 Å². The summed E-state index contributed by atoms with van der Waals surface area (Å²) in [5.41, 5.74) is 5.69. The van der Waals surface area contributed by atoms with Gasteiger partial charge in [-0.05, 0) is 13.8 Å². The first-order valence-electron chi connectivity index (χ1n) is 5.80. The highest BCUT2D eigenvalue weighted by Gasteiger charge is 2.07. The van der Waals surface area contributed by atoms with Gasteiger partial charge in [-0.25, -0.2) is 9.97 Å². The zero-order valence-corrected chi connectivity index (χ0v) is 11.8. The van der Waals surface area contributed by atoms with Gasteiger partial charge in [0, 0.05) is 41.5 Å². The van der Waals surface area contributed by atoms with E-state index in [0.29, 0.717) is 37.2 Å². The Morgan fingerprint density at radius 3 is 2.89 bits per heavy atom. The van der Waals surface area contributed by atoms with Crippen molar-refractivity contribution in [2.75, 3.05) is 30.5 Å². The molecule has 0 aliphatic heterocycles. The van der Waals surface area contributed by atoms with Gasteiger partial charge in [0.2, 0.25) is 0 Å². The number of anilines is 2. The van der Waals surface area contributed by atoms with Crippen LogP contribution in [0.25, 0.3) is 0 Å². The van der Waals surface area contributed by atoms with Crippen LogP contribution in [0, 0.1) is 0 Å². The molecule has 0 aliphatic rings. The molecule has 0 amide bonds. The van der Waals surface area contributed by atoms with E-state index in [1.807, 2.05) is 13.8 Å². The molecule has 0 aromatic carbocycles. The van der Waals surface area contributed by atoms with Crippen LogP contribution < -0.4 is 11.1 Å². The highest BCUT2D eigenvalue weighted by molar-refractivity contribution is 7.84. The summed E-state index contributed by atoms with van der Waals surface area (Å²) >= 11 is 0. The lowest BCUT2D eigenvalue weighted by Crippen LogP contribution is -2.21. The zero-order chi connectivity index (χ0) is 13.5. The van der Waals surface area contributed by atoms with Gasteiger partial charge in [-0.3, -0.25) is 4.21 Å². The van der Waals surface area contributed by atoms with E-state index in [4.69, 9.17) is 10.5 Å². The van der Waals surface area contributed by atoms with Crippen molar-refractivity contribution in [2.45, 2.75) is 25.7 Å². The van der Waals surface area contributed by atoms with Gasteiger partial charge >= 0.3 is 0 Å². The van der Waals surface area contributed by atoms with Crippen LogP contribution in [0.2, 0.25) is 0 Å². The average Bonchev–Trinajstić information content (AvgIpc) is 2.32. The largest absolute Gasteiger partial charge is 0.384 e. The van der Waals surface area contributed by atoms with Gasteiger partial charge in [0.25, 0.3) is 0 Å². The van der Waals surface area contributed by atoms with Crippen LogP contribution in [0.4, 0.5) is 11.6 Å². The first-order chi connectivity index (χ1) is 8.52. The lowest BCUT2D eigenvalue weighted by molar-refractivity contribution is 0.128. The second-order valence-electron chi connectivity index (χ2n) is 3.92. The number of rotatable bonds is 7. The monoisotopic (exact) mass is 272 g/mol. The topological polar surface area (TPSA) is 90.1 Å². The maximum absolute atomic E-state index is 11.2. The molecule has 3 N–H and O–H groups in total. The van der Waals surface area contributed by atoms with Crippen LogP contribution in [0.5, 0.6) is 0 Å². The average molecular weight is 272 g/mol. The van der Waals surface area contributed by atoms with Gasteiger partial charge in [0.15, 0.2) is 5.82 Å². The summed E-state index contributed by atoms with van der Waals surface area (Å²) in [7, 11) is -0.861. The lowest BCUT2D eigenvalue weighted by atomic mass is 10.4. The number of hydrogen-bond acceptors (Lipinski definition) is 6. The Bertz CT molecular complexity index is 414. The minimum absolute atomic E-state index is 0.0523. The number of hydrogen-bond donors (Lipinski definition) is 2. The van der Waals surface area contributed by atoms with E-state index < -0.39 is 10.8 Å². The van der Waals surface area contributed by atoms with Crippen LogP contribution in [0.3, 0.4) is 0 Å². The van der Waals surface area contributed by atoms with Crippen LogP contribution >= 0.6 is 0 Å². The smallest absolute Gasteiger partial charge is 0.158 e. The van der Waals surface area contributed by atoms with E-state index in [9.17, 15) is 4.21 Å². The van der Waals surface area contributed by atoms with Gasteiger partial charge in [0.05, 0.1) is 0 Å². The third-order valence-electron chi connectivity index (χ3n) is 2.36. The summed E-state index contributed by atoms with van der Waals surface area (Å²) in [5, 5.41) is 3.16. The van der Waals surface area contributed by atoms with Crippen molar-refractivity contribution in [3.63, 3.8) is 0 Å². The summed E-state index contributed by atoms with van der Waals surface area (Å²) in [4.78, 5) is 8.35. The minimum Gasteiger partial charge on any atom is -0.384 e. The summed E-state index contributed by atoms with van der Waals surface area (Å²) in [6.45, 7) is 5.34. The van der Waals surface area contributed by atoms with E-state index in [1.54, 1.807) is 12.3 Å². The van der Waals surface area contributed by atoms with Crippen molar-refractivity contribution < 1.29 is 8.95 Å². The molecule has 2 unspecified atom stereocenters. The van der Waals surface area contributed by atoms with E-state index in [1.165, 1.54) is 0 Å². The molecular formula is C11H20N4O2S. The Morgan fingerprint density at radius 2 is 2.28 bits per heavy atom. The fourth-order valence-electron chi connectivity index (χ4n) is 1.23. The van der Waals surface area contributed by atoms with Gasteiger partial charge in [-0.2, -0.15) is 0 Å². The predicted octanol–water partition coefficient (Wildman–Crippen LogP) is 0.774.